The third-order valence-electron chi connectivity index (χ3n) is 4.93. The quantitative estimate of drug-likeness (QED) is 0.624. The number of nitrogens with zero attached hydrogens (tertiary/aromatic N) is 1. The number of amides is 1. The number of benzene rings is 1. The van der Waals surface area contributed by atoms with Crippen LogP contribution in [-0.4, -0.2) is 41.7 Å². The monoisotopic (exact) mass is 370 g/mol. The summed E-state index contributed by atoms with van der Waals surface area (Å²) in [7, 11) is 3.01. The lowest BCUT2D eigenvalue weighted by molar-refractivity contribution is -0.131. The molecule has 1 unspecified atom stereocenters. The van der Waals surface area contributed by atoms with E-state index >= 15 is 0 Å². The van der Waals surface area contributed by atoms with Crippen LogP contribution < -0.4 is 0 Å². The van der Waals surface area contributed by atoms with Crippen LogP contribution in [0.1, 0.15) is 63.1 Å². The molecule has 0 saturated heterocycles. The lowest BCUT2D eigenvalue weighted by Gasteiger charge is -2.25. The van der Waals surface area contributed by atoms with E-state index in [0.717, 1.165) is 11.1 Å². The van der Waals surface area contributed by atoms with Gasteiger partial charge in [-0.2, -0.15) is 0 Å². The minimum atomic E-state index is -0.562. The Hall–Kier alpha value is -2.89. The number of nitrogens with one attached hydrogen (secondary N) is 1. The molecule has 0 aliphatic rings. The normalized spacial score (nSPS) is 11.8. The fraction of sp³-hybridized carbons (Fsp3) is 0.381. The van der Waals surface area contributed by atoms with E-state index in [-0.39, 0.29) is 29.7 Å². The van der Waals surface area contributed by atoms with Crippen LogP contribution in [0, 0.1) is 13.8 Å². The first-order chi connectivity index (χ1) is 12.7. The highest BCUT2D eigenvalue weighted by Crippen LogP contribution is 2.24. The maximum atomic E-state index is 12.8. The number of rotatable bonds is 6. The van der Waals surface area contributed by atoms with Crippen LogP contribution in [0.2, 0.25) is 0 Å². The van der Waals surface area contributed by atoms with Crippen molar-refractivity contribution >= 4 is 17.7 Å². The zero-order valence-electron chi connectivity index (χ0n) is 16.7. The molecule has 2 aromatic rings. The minimum absolute atomic E-state index is 0.0226. The maximum Gasteiger partial charge on any atom is 0.339 e. The van der Waals surface area contributed by atoms with Crippen molar-refractivity contribution in [3.05, 3.63) is 57.9 Å². The Morgan fingerprint density at radius 3 is 2.26 bits per heavy atom. The second-order valence-corrected chi connectivity index (χ2v) is 6.79. The number of carbonyl (C=O) groups excluding carboxylic acids is 3. The highest BCUT2D eigenvalue weighted by molar-refractivity contribution is 6.01. The summed E-state index contributed by atoms with van der Waals surface area (Å²) in [5.74, 6) is -0.921. The van der Waals surface area contributed by atoms with E-state index in [1.807, 2.05) is 38.1 Å². The Balaban J connectivity index is 2.28. The first kappa shape index (κ1) is 20.4. The number of aryl methyl sites for hydroxylation is 1. The number of methoxy groups -OCH3 is 1. The SMILES string of the molecule is COC(=O)c1c(CC(=O)N(C)C(C)c2ccc(C)cc2)[nH]c(C(C)=O)c1C. The lowest BCUT2D eigenvalue weighted by Crippen LogP contribution is -2.31. The number of likely N-dealkylation sites (N-methyl/N-ethyl adjacent to an activating group) is 1. The van der Waals surface area contributed by atoms with Gasteiger partial charge in [0, 0.05) is 19.7 Å². The van der Waals surface area contributed by atoms with E-state index in [1.165, 1.54) is 14.0 Å². The number of hydrogen-bond acceptors (Lipinski definition) is 4. The molecular weight excluding hydrogens is 344 g/mol. The van der Waals surface area contributed by atoms with Gasteiger partial charge in [-0.3, -0.25) is 9.59 Å². The Morgan fingerprint density at radius 1 is 1.15 bits per heavy atom. The van der Waals surface area contributed by atoms with Gasteiger partial charge in [-0.05, 0) is 31.9 Å². The van der Waals surface area contributed by atoms with Crippen molar-refractivity contribution in [2.45, 2.75) is 40.2 Å². The number of carbonyl (C=O) groups is 3. The zero-order valence-corrected chi connectivity index (χ0v) is 16.7. The van der Waals surface area contributed by atoms with E-state index in [0.29, 0.717) is 17.0 Å². The van der Waals surface area contributed by atoms with Gasteiger partial charge in [0.15, 0.2) is 5.78 Å². The third kappa shape index (κ3) is 4.27. The Kier molecular flexibility index (Phi) is 6.20. The van der Waals surface area contributed by atoms with E-state index < -0.39 is 5.97 Å². The van der Waals surface area contributed by atoms with Crippen LogP contribution >= 0.6 is 0 Å². The molecule has 1 atom stereocenters. The average Bonchev–Trinajstić information content (AvgIpc) is 2.96. The fourth-order valence-corrected chi connectivity index (χ4v) is 3.08. The standard InChI is InChI=1S/C21H26N2O4/c1-12-7-9-16(10-8-12)14(3)23(5)18(25)11-17-19(21(26)27-6)13(2)20(22-17)15(4)24/h7-10,14,22H,11H2,1-6H3. The van der Waals surface area contributed by atoms with Gasteiger partial charge in [0.05, 0.1) is 30.8 Å². The molecule has 1 aromatic heterocycles. The molecule has 1 N–H and O–H groups in total. The van der Waals surface area contributed by atoms with Gasteiger partial charge < -0.3 is 14.6 Å². The Morgan fingerprint density at radius 2 is 1.74 bits per heavy atom. The predicted octanol–water partition coefficient (Wildman–Crippen LogP) is 3.38. The molecule has 0 aliphatic heterocycles. The molecule has 1 aromatic carbocycles. The van der Waals surface area contributed by atoms with Gasteiger partial charge in [-0.25, -0.2) is 4.79 Å². The largest absolute Gasteiger partial charge is 0.465 e. The molecule has 1 heterocycles. The molecule has 144 valence electrons. The van der Waals surface area contributed by atoms with Gasteiger partial charge in [0.1, 0.15) is 0 Å². The number of hydrogen-bond donors (Lipinski definition) is 1. The number of esters is 1. The van der Waals surface area contributed by atoms with Crippen molar-refractivity contribution in [2.24, 2.45) is 0 Å². The van der Waals surface area contributed by atoms with Crippen LogP contribution in [-0.2, 0) is 16.0 Å². The topological polar surface area (TPSA) is 79.5 Å². The highest BCUT2D eigenvalue weighted by atomic mass is 16.5. The van der Waals surface area contributed by atoms with Crippen LogP contribution in [0.4, 0.5) is 0 Å². The number of H-pyrrole nitrogens is 1. The Bertz CT molecular complexity index is 865. The van der Waals surface area contributed by atoms with Crippen molar-refractivity contribution in [3.63, 3.8) is 0 Å². The number of aromatic amines is 1. The summed E-state index contributed by atoms with van der Waals surface area (Å²) in [6.07, 6.45) is -0.0226. The van der Waals surface area contributed by atoms with Gasteiger partial charge in [-0.1, -0.05) is 29.8 Å². The highest BCUT2D eigenvalue weighted by Gasteiger charge is 2.26. The number of ketones is 1. The second kappa shape index (κ2) is 8.20. The summed E-state index contributed by atoms with van der Waals surface area (Å²) in [6, 6.07) is 7.88. The van der Waals surface area contributed by atoms with Gasteiger partial charge in [0.25, 0.3) is 0 Å². The van der Waals surface area contributed by atoms with Crippen molar-refractivity contribution in [3.8, 4) is 0 Å². The summed E-state index contributed by atoms with van der Waals surface area (Å²) in [4.78, 5) is 41.3. The summed E-state index contributed by atoms with van der Waals surface area (Å²) < 4.78 is 4.83. The number of aromatic nitrogens is 1. The molecule has 0 radical (unpaired) electrons. The minimum Gasteiger partial charge on any atom is -0.465 e. The van der Waals surface area contributed by atoms with Gasteiger partial charge in [0.2, 0.25) is 5.91 Å². The summed E-state index contributed by atoms with van der Waals surface area (Å²) in [6.45, 7) is 7.05. The molecule has 27 heavy (non-hydrogen) atoms. The number of ether oxygens (including phenoxy) is 1. The summed E-state index contributed by atoms with van der Waals surface area (Å²) >= 11 is 0. The molecule has 0 saturated carbocycles. The van der Waals surface area contributed by atoms with E-state index in [9.17, 15) is 14.4 Å². The molecule has 0 aliphatic carbocycles. The van der Waals surface area contributed by atoms with Crippen LogP contribution in [0.3, 0.4) is 0 Å². The molecule has 0 fully saturated rings. The van der Waals surface area contributed by atoms with Crippen molar-refractivity contribution in [2.75, 3.05) is 14.2 Å². The average molecular weight is 370 g/mol. The lowest BCUT2D eigenvalue weighted by atomic mass is 10.0. The smallest absolute Gasteiger partial charge is 0.339 e. The van der Waals surface area contributed by atoms with Crippen molar-refractivity contribution in [1.82, 2.24) is 9.88 Å². The Labute approximate surface area is 159 Å². The van der Waals surface area contributed by atoms with Crippen molar-refractivity contribution in [1.29, 1.82) is 0 Å². The molecular formula is C21H26N2O4. The predicted molar refractivity (Wildman–Crippen MR) is 103 cm³/mol. The summed E-state index contributed by atoms with van der Waals surface area (Å²) in [5.41, 5.74) is 3.67. The van der Waals surface area contributed by atoms with Crippen molar-refractivity contribution < 1.29 is 19.1 Å². The maximum absolute atomic E-state index is 12.8. The van der Waals surface area contributed by atoms with E-state index in [4.69, 9.17) is 4.74 Å². The first-order valence-electron chi connectivity index (χ1n) is 8.80. The van der Waals surface area contributed by atoms with E-state index in [2.05, 4.69) is 4.98 Å². The summed E-state index contributed by atoms with van der Waals surface area (Å²) in [5, 5.41) is 0. The van der Waals surface area contributed by atoms with Gasteiger partial charge in [-0.15, -0.1) is 0 Å². The van der Waals surface area contributed by atoms with Crippen LogP contribution in [0.15, 0.2) is 24.3 Å². The fourth-order valence-electron chi connectivity index (χ4n) is 3.08. The third-order valence-corrected chi connectivity index (χ3v) is 4.93. The number of Topliss-reactive ketones (excluding diaryl/α,β-unsaturated/α-hetero) is 1. The van der Waals surface area contributed by atoms with Gasteiger partial charge >= 0.3 is 5.97 Å². The van der Waals surface area contributed by atoms with Crippen LogP contribution in [0.5, 0.6) is 0 Å². The zero-order chi connectivity index (χ0) is 20.3. The molecule has 2 rings (SSSR count). The first-order valence-corrected chi connectivity index (χ1v) is 8.80. The second-order valence-electron chi connectivity index (χ2n) is 6.79. The van der Waals surface area contributed by atoms with E-state index in [1.54, 1.807) is 18.9 Å². The molecule has 6 nitrogen and oxygen atoms in total. The molecule has 1 amide bonds. The molecule has 0 spiro atoms. The molecule has 6 heteroatoms. The van der Waals surface area contributed by atoms with Crippen LogP contribution in [0.25, 0.3) is 0 Å². The molecule has 0 bridgehead atoms.